The number of carbonyl (C=O) groups is 2. The van der Waals surface area contributed by atoms with Crippen LogP contribution in [0.25, 0.3) is 0 Å². The molecular formula is C13H13NO5. The molecule has 1 aliphatic heterocycles. The molecule has 1 amide bonds. The predicted molar refractivity (Wildman–Crippen MR) is 66.1 cm³/mol. The van der Waals surface area contributed by atoms with E-state index in [0.717, 1.165) is 12.2 Å². The van der Waals surface area contributed by atoms with Crippen molar-refractivity contribution in [3.63, 3.8) is 0 Å². The molecule has 0 saturated heterocycles. The molecule has 0 spiro atoms. The Hall–Kier alpha value is -2.50. The van der Waals surface area contributed by atoms with Crippen LogP contribution < -0.4 is 14.8 Å². The van der Waals surface area contributed by atoms with Gasteiger partial charge in [0, 0.05) is 12.2 Å². The maximum absolute atomic E-state index is 11.3. The van der Waals surface area contributed by atoms with Crippen LogP contribution in [0.5, 0.6) is 11.5 Å². The van der Waals surface area contributed by atoms with Gasteiger partial charge in [0.15, 0.2) is 11.5 Å². The lowest BCUT2D eigenvalue weighted by molar-refractivity contribution is -0.131. The van der Waals surface area contributed by atoms with Gasteiger partial charge < -0.3 is 19.9 Å². The van der Waals surface area contributed by atoms with Gasteiger partial charge in [-0.25, -0.2) is 4.79 Å². The summed E-state index contributed by atoms with van der Waals surface area (Å²) in [5, 5.41) is 10.9. The first kappa shape index (κ1) is 12.9. The molecule has 100 valence electrons. The van der Waals surface area contributed by atoms with Crippen molar-refractivity contribution >= 4 is 11.9 Å². The molecule has 0 radical (unpaired) electrons. The van der Waals surface area contributed by atoms with E-state index < -0.39 is 11.9 Å². The number of nitrogens with one attached hydrogen (secondary N) is 1. The molecule has 1 unspecified atom stereocenters. The Balaban J connectivity index is 1.83. The minimum atomic E-state index is -1.17. The molecule has 19 heavy (non-hydrogen) atoms. The molecule has 1 aliphatic rings. The largest absolute Gasteiger partial charge is 0.486 e. The molecule has 0 fully saturated rings. The zero-order chi connectivity index (χ0) is 13.7. The number of para-hydroxylation sites is 2. The second-order valence-corrected chi connectivity index (χ2v) is 3.91. The van der Waals surface area contributed by atoms with Crippen molar-refractivity contribution in [3.05, 3.63) is 36.4 Å². The maximum Gasteiger partial charge on any atom is 0.328 e. The van der Waals surface area contributed by atoms with E-state index in [4.69, 9.17) is 14.6 Å². The van der Waals surface area contributed by atoms with E-state index in [-0.39, 0.29) is 12.6 Å². The average Bonchev–Trinajstić information content (AvgIpc) is 2.42. The second-order valence-electron chi connectivity index (χ2n) is 3.91. The van der Waals surface area contributed by atoms with E-state index in [1.807, 2.05) is 12.1 Å². The van der Waals surface area contributed by atoms with Crippen LogP contribution in [0.4, 0.5) is 0 Å². The minimum absolute atomic E-state index is 0.247. The van der Waals surface area contributed by atoms with E-state index in [0.29, 0.717) is 18.1 Å². The van der Waals surface area contributed by atoms with Gasteiger partial charge in [-0.15, -0.1) is 0 Å². The van der Waals surface area contributed by atoms with Crippen molar-refractivity contribution < 1.29 is 24.2 Å². The Kier molecular flexibility index (Phi) is 4.02. The van der Waals surface area contributed by atoms with Gasteiger partial charge in [0.05, 0.1) is 6.54 Å². The van der Waals surface area contributed by atoms with Crippen LogP contribution in [0.1, 0.15) is 0 Å². The van der Waals surface area contributed by atoms with Crippen molar-refractivity contribution in [1.29, 1.82) is 0 Å². The molecular weight excluding hydrogens is 250 g/mol. The van der Waals surface area contributed by atoms with Crippen LogP contribution in [-0.4, -0.2) is 36.2 Å². The van der Waals surface area contributed by atoms with Crippen molar-refractivity contribution in [2.45, 2.75) is 6.10 Å². The molecule has 2 N–H and O–H groups in total. The van der Waals surface area contributed by atoms with Crippen molar-refractivity contribution in [1.82, 2.24) is 5.32 Å². The third-order valence-corrected chi connectivity index (χ3v) is 2.45. The number of carboxylic acid groups (broad SMARTS) is 1. The normalized spacial score (nSPS) is 17.2. The van der Waals surface area contributed by atoms with E-state index in [9.17, 15) is 9.59 Å². The van der Waals surface area contributed by atoms with Crippen LogP contribution in [0.3, 0.4) is 0 Å². The Bertz CT molecular complexity index is 512. The topological polar surface area (TPSA) is 84.9 Å². The monoisotopic (exact) mass is 263 g/mol. The zero-order valence-electron chi connectivity index (χ0n) is 10.0. The first-order valence-corrected chi connectivity index (χ1v) is 5.72. The number of ether oxygens (including phenoxy) is 2. The summed E-state index contributed by atoms with van der Waals surface area (Å²) in [7, 11) is 0. The van der Waals surface area contributed by atoms with Gasteiger partial charge in [-0.1, -0.05) is 12.1 Å². The SMILES string of the molecule is O=C(O)/C=C/C(=O)NCC1COc2ccccc2O1. The molecule has 0 aliphatic carbocycles. The lowest BCUT2D eigenvalue weighted by Crippen LogP contribution is -2.40. The van der Waals surface area contributed by atoms with Crippen molar-refractivity contribution in [2.75, 3.05) is 13.2 Å². The number of benzene rings is 1. The molecule has 6 nitrogen and oxygen atoms in total. The number of hydrogen-bond acceptors (Lipinski definition) is 4. The Labute approximate surface area is 109 Å². The smallest absolute Gasteiger partial charge is 0.328 e. The van der Waals surface area contributed by atoms with Crippen molar-refractivity contribution in [2.24, 2.45) is 0 Å². The van der Waals surface area contributed by atoms with Crippen LogP contribution in [0.2, 0.25) is 0 Å². The van der Waals surface area contributed by atoms with Crippen LogP contribution >= 0.6 is 0 Å². The predicted octanol–water partition coefficient (Wildman–Crippen LogP) is 0.583. The number of carbonyl (C=O) groups excluding carboxylic acids is 1. The fourth-order valence-corrected chi connectivity index (χ4v) is 1.58. The molecule has 0 aromatic heterocycles. The summed E-state index contributed by atoms with van der Waals surface area (Å²) in [5.41, 5.74) is 0. The van der Waals surface area contributed by atoms with E-state index in [2.05, 4.69) is 5.32 Å². The number of carboxylic acids is 1. The summed E-state index contributed by atoms with van der Waals surface area (Å²) in [5.74, 6) is -0.337. The van der Waals surface area contributed by atoms with Crippen LogP contribution in [-0.2, 0) is 9.59 Å². The van der Waals surface area contributed by atoms with E-state index in [1.165, 1.54) is 0 Å². The highest BCUT2D eigenvalue weighted by Gasteiger charge is 2.20. The molecule has 6 heteroatoms. The van der Waals surface area contributed by atoms with Crippen LogP contribution in [0.15, 0.2) is 36.4 Å². The number of aliphatic carboxylic acids is 1. The highest BCUT2D eigenvalue weighted by molar-refractivity contribution is 5.93. The molecule has 2 rings (SSSR count). The Morgan fingerprint density at radius 3 is 2.79 bits per heavy atom. The summed E-state index contributed by atoms with van der Waals surface area (Å²) < 4.78 is 11.1. The first-order chi connectivity index (χ1) is 9.15. The molecule has 0 saturated carbocycles. The van der Waals surface area contributed by atoms with Gasteiger partial charge in [0.2, 0.25) is 5.91 Å². The maximum atomic E-state index is 11.3. The van der Waals surface area contributed by atoms with Gasteiger partial charge in [0.25, 0.3) is 0 Å². The van der Waals surface area contributed by atoms with Crippen LogP contribution in [0, 0.1) is 0 Å². The van der Waals surface area contributed by atoms with E-state index >= 15 is 0 Å². The fraction of sp³-hybridized carbons (Fsp3) is 0.231. The molecule has 1 atom stereocenters. The third kappa shape index (κ3) is 3.74. The summed E-state index contributed by atoms with van der Waals surface area (Å²) in [4.78, 5) is 21.5. The standard InChI is InChI=1S/C13H13NO5/c15-12(5-6-13(16)17)14-7-9-8-18-10-3-1-2-4-11(10)19-9/h1-6,9H,7-8H2,(H,14,15)(H,16,17)/b6-5+. The van der Waals surface area contributed by atoms with Gasteiger partial charge in [-0.2, -0.15) is 0 Å². The Morgan fingerprint density at radius 1 is 1.32 bits per heavy atom. The lowest BCUT2D eigenvalue weighted by Gasteiger charge is -2.26. The molecule has 0 bridgehead atoms. The van der Waals surface area contributed by atoms with Gasteiger partial charge >= 0.3 is 5.97 Å². The average molecular weight is 263 g/mol. The quantitative estimate of drug-likeness (QED) is 0.776. The second kappa shape index (κ2) is 5.90. The minimum Gasteiger partial charge on any atom is -0.486 e. The third-order valence-electron chi connectivity index (χ3n) is 2.45. The van der Waals surface area contributed by atoms with Gasteiger partial charge in [-0.05, 0) is 12.1 Å². The number of rotatable bonds is 4. The summed E-state index contributed by atoms with van der Waals surface area (Å²) in [6.07, 6.45) is 1.44. The molecule has 1 heterocycles. The summed E-state index contributed by atoms with van der Waals surface area (Å²) in [6.45, 7) is 0.580. The van der Waals surface area contributed by atoms with Gasteiger partial charge in [0.1, 0.15) is 12.7 Å². The van der Waals surface area contributed by atoms with Gasteiger partial charge in [-0.3, -0.25) is 4.79 Å². The highest BCUT2D eigenvalue weighted by atomic mass is 16.6. The summed E-state index contributed by atoms with van der Waals surface area (Å²) in [6, 6.07) is 7.27. The molecule has 1 aromatic carbocycles. The number of hydrogen-bond donors (Lipinski definition) is 2. The Morgan fingerprint density at radius 2 is 2.05 bits per heavy atom. The molecule has 1 aromatic rings. The lowest BCUT2D eigenvalue weighted by atomic mass is 10.2. The number of fused-ring (bicyclic) bond motifs is 1. The first-order valence-electron chi connectivity index (χ1n) is 5.72. The summed E-state index contributed by atoms with van der Waals surface area (Å²) >= 11 is 0. The zero-order valence-corrected chi connectivity index (χ0v) is 10.0. The highest BCUT2D eigenvalue weighted by Crippen LogP contribution is 2.30. The fourth-order valence-electron chi connectivity index (χ4n) is 1.58. The van der Waals surface area contributed by atoms with Crippen molar-refractivity contribution in [3.8, 4) is 11.5 Å². The van der Waals surface area contributed by atoms with E-state index in [1.54, 1.807) is 12.1 Å². The number of amides is 1.